The van der Waals surface area contributed by atoms with Crippen LogP contribution in [0.2, 0.25) is 0 Å². The Morgan fingerprint density at radius 3 is 2.61 bits per heavy atom. The molecule has 3 nitrogen and oxygen atoms in total. The molecule has 0 aliphatic rings. The van der Waals surface area contributed by atoms with E-state index in [4.69, 9.17) is 10.5 Å². The molecule has 2 N–H and O–H groups in total. The predicted molar refractivity (Wildman–Crippen MR) is 73.7 cm³/mol. The van der Waals surface area contributed by atoms with Crippen molar-refractivity contribution < 1.29 is 4.74 Å². The highest BCUT2D eigenvalue weighted by molar-refractivity contribution is 5.42. The average Bonchev–Trinajstić information content (AvgIpc) is 2.41. The van der Waals surface area contributed by atoms with E-state index in [9.17, 15) is 0 Å². The molecule has 3 heteroatoms. The summed E-state index contributed by atoms with van der Waals surface area (Å²) < 4.78 is 5.55. The highest BCUT2D eigenvalue weighted by atomic mass is 16.5. The maximum absolute atomic E-state index is 5.83. The van der Waals surface area contributed by atoms with E-state index in [1.807, 2.05) is 24.3 Å². The fraction of sp³-hybridized carbons (Fsp3) is 0.267. The first-order valence-electron chi connectivity index (χ1n) is 6.20. The highest BCUT2D eigenvalue weighted by Gasteiger charge is 2.01. The minimum absolute atomic E-state index is 0.601. The fourth-order valence-corrected chi connectivity index (χ4v) is 1.74. The zero-order valence-electron chi connectivity index (χ0n) is 10.6. The smallest absolute Gasteiger partial charge is 0.126 e. The molecule has 0 fully saturated rings. The molecule has 0 saturated heterocycles. The standard InChI is InChI=1S/C15H18N2O/c1-2-10-18-14-7-5-12(6-8-14)11-13-4-3-9-17-15(13)16/h3-9H,2,10-11H2,1H3,(H2,16,17). The van der Waals surface area contributed by atoms with Crippen LogP contribution in [0.4, 0.5) is 5.82 Å². The van der Waals surface area contributed by atoms with Crippen LogP contribution in [0.1, 0.15) is 24.5 Å². The SMILES string of the molecule is CCCOc1ccc(Cc2cccnc2N)cc1. The van der Waals surface area contributed by atoms with Gasteiger partial charge in [0.25, 0.3) is 0 Å². The first-order chi connectivity index (χ1) is 8.79. The summed E-state index contributed by atoms with van der Waals surface area (Å²) in [7, 11) is 0. The van der Waals surface area contributed by atoms with Crippen LogP contribution >= 0.6 is 0 Å². The molecule has 0 aliphatic carbocycles. The van der Waals surface area contributed by atoms with Crippen LogP contribution < -0.4 is 10.5 Å². The Hall–Kier alpha value is -2.03. The van der Waals surface area contributed by atoms with Crippen LogP contribution in [-0.4, -0.2) is 11.6 Å². The number of aromatic nitrogens is 1. The molecule has 0 unspecified atom stereocenters. The van der Waals surface area contributed by atoms with Gasteiger partial charge >= 0.3 is 0 Å². The molecule has 1 aromatic carbocycles. The topological polar surface area (TPSA) is 48.1 Å². The number of hydrogen-bond acceptors (Lipinski definition) is 3. The third-order valence-corrected chi connectivity index (χ3v) is 2.72. The minimum Gasteiger partial charge on any atom is -0.494 e. The van der Waals surface area contributed by atoms with Gasteiger partial charge in [0.2, 0.25) is 0 Å². The number of ether oxygens (including phenoxy) is 1. The summed E-state index contributed by atoms with van der Waals surface area (Å²) >= 11 is 0. The Morgan fingerprint density at radius 1 is 1.17 bits per heavy atom. The maximum Gasteiger partial charge on any atom is 0.126 e. The van der Waals surface area contributed by atoms with E-state index in [2.05, 4.69) is 24.0 Å². The molecule has 1 heterocycles. The Balaban J connectivity index is 2.04. The summed E-state index contributed by atoms with van der Waals surface area (Å²) in [6.45, 7) is 2.86. The summed E-state index contributed by atoms with van der Waals surface area (Å²) in [6, 6.07) is 12.0. The Morgan fingerprint density at radius 2 is 1.94 bits per heavy atom. The van der Waals surface area contributed by atoms with Gasteiger partial charge in [-0.05, 0) is 35.7 Å². The first-order valence-corrected chi connectivity index (χ1v) is 6.20. The zero-order chi connectivity index (χ0) is 12.8. The quantitative estimate of drug-likeness (QED) is 0.876. The summed E-state index contributed by atoms with van der Waals surface area (Å²) in [5, 5.41) is 0. The normalized spacial score (nSPS) is 10.3. The fourth-order valence-electron chi connectivity index (χ4n) is 1.74. The van der Waals surface area contributed by atoms with Crippen molar-refractivity contribution in [1.29, 1.82) is 0 Å². The molecule has 0 amide bonds. The van der Waals surface area contributed by atoms with Gasteiger partial charge in [-0.3, -0.25) is 0 Å². The molecule has 0 bridgehead atoms. The summed E-state index contributed by atoms with van der Waals surface area (Å²) in [4.78, 5) is 4.09. The van der Waals surface area contributed by atoms with Gasteiger partial charge in [-0.15, -0.1) is 0 Å². The number of anilines is 1. The lowest BCUT2D eigenvalue weighted by Gasteiger charge is -2.07. The van der Waals surface area contributed by atoms with Crippen molar-refractivity contribution in [2.24, 2.45) is 0 Å². The van der Waals surface area contributed by atoms with E-state index in [0.29, 0.717) is 5.82 Å². The molecule has 2 rings (SSSR count). The van der Waals surface area contributed by atoms with Gasteiger partial charge in [-0.1, -0.05) is 25.1 Å². The lowest BCUT2D eigenvalue weighted by Crippen LogP contribution is -1.98. The molecule has 0 radical (unpaired) electrons. The maximum atomic E-state index is 5.83. The van der Waals surface area contributed by atoms with Crippen LogP contribution in [0.15, 0.2) is 42.6 Å². The van der Waals surface area contributed by atoms with Crippen molar-refractivity contribution in [2.75, 3.05) is 12.3 Å². The second kappa shape index (κ2) is 6.05. The molecule has 0 aliphatic heterocycles. The summed E-state index contributed by atoms with van der Waals surface area (Å²) in [6.07, 6.45) is 3.53. The van der Waals surface area contributed by atoms with Crippen molar-refractivity contribution >= 4 is 5.82 Å². The summed E-state index contributed by atoms with van der Waals surface area (Å²) in [5.41, 5.74) is 8.09. The van der Waals surface area contributed by atoms with Gasteiger partial charge in [-0.2, -0.15) is 0 Å². The van der Waals surface area contributed by atoms with Crippen LogP contribution in [0.5, 0.6) is 5.75 Å². The van der Waals surface area contributed by atoms with Gasteiger partial charge in [0.05, 0.1) is 6.61 Å². The third kappa shape index (κ3) is 3.23. The van der Waals surface area contributed by atoms with Gasteiger partial charge in [0, 0.05) is 12.6 Å². The molecule has 18 heavy (non-hydrogen) atoms. The largest absolute Gasteiger partial charge is 0.494 e. The van der Waals surface area contributed by atoms with E-state index in [-0.39, 0.29) is 0 Å². The Labute approximate surface area is 108 Å². The van der Waals surface area contributed by atoms with Crippen molar-refractivity contribution in [2.45, 2.75) is 19.8 Å². The number of pyridine rings is 1. The van der Waals surface area contributed by atoms with Crippen molar-refractivity contribution in [3.05, 3.63) is 53.7 Å². The lowest BCUT2D eigenvalue weighted by molar-refractivity contribution is 0.317. The third-order valence-electron chi connectivity index (χ3n) is 2.72. The van der Waals surface area contributed by atoms with Gasteiger partial charge in [0.15, 0.2) is 0 Å². The lowest BCUT2D eigenvalue weighted by atomic mass is 10.1. The number of nitrogen functional groups attached to an aromatic ring is 1. The first kappa shape index (κ1) is 12.4. The monoisotopic (exact) mass is 242 g/mol. The van der Waals surface area contributed by atoms with Crippen LogP contribution in [0.3, 0.4) is 0 Å². The van der Waals surface area contributed by atoms with E-state index in [1.54, 1.807) is 6.20 Å². The zero-order valence-corrected chi connectivity index (χ0v) is 10.6. The molecule has 1 aromatic heterocycles. The Bertz CT molecular complexity index is 494. The number of rotatable bonds is 5. The number of nitrogens with two attached hydrogens (primary N) is 1. The highest BCUT2D eigenvalue weighted by Crippen LogP contribution is 2.17. The molecule has 2 aromatic rings. The summed E-state index contributed by atoms with van der Waals surface area (Å²) in [5.74, 6) is 1.52. The van der Waals surface area contributed by atoms with E-state index >= 15 is 0 Å². The van der Waals surface area contributed by atoms with Crippen LogP contribution in [0, 0.1) is 0 Å². The minimum atomic E-state index is 0.601. The van der Waals surface area contributed by atoms with Gasteiger partial charge < -0.3 is 10.5 Å². The molecule has 0 spiro atoms. The molecule has 94 valence electrons. The van der Waals surface area contributed by atoms with Crippen LogP contribution in [0.25, 0.3) is 0 Å². The number of hydrogen-bond donors (Lipinski definition) is 1. The molecular weight excluding hydrogens is 224 g/mol. The molecule has 0 atom stereocenters. The van der Waals surface area contributed by atoms with Gasteiger partial charge in [-0.25, -0.2) is 4.98 Å². The second-order valence-corrected chi connectivity index (χ2v) is 4.22. The number of benzene rings is 1. The Kier molecular flexibility index (Phi) is 4.18. The van der Waals surface area contributed by atoms with E-state index in [1.165, 1.54) is 5.56 Å². The molecular formula is C15H18N2O. The van der Waals surface area contributed by atoms with E-state index in [0.717, 1.165) is 30.8 Å². The van der Waals surface area contributed by atoms with Crippen molar-refractivity contribution in [3.8, 4) is 5.75 Å². The van der Waals surface area contributed by atoms with Crippen molar-refractivity contribution in [3.63, 3.8) is 0 Å². The molecule has 0 saturated carbocycles. The van der Waals surface area contributed by atoms with Gasteiger partial charge in [0.1, 0.15) is 11.6 Å². The average molecular weight is 242 g/mol. The predicted octanol–water partition coefficient (Wildman–Crippen LogP) is 3.04. The van der Waals surface area contributed by atoms with Crippen molar-refractivity contribution in [1.82, 2.24) is 4.98 Å². The van der Waals surface area contributed by atoms with E-state index < -0.39 is 0 Å². The van der Waals surface area contributed by atoms with Crippen LogP contribution in [-0.2, 0) is 6.42 Å². The second-order valence-electron chi connectivity index (χ2n) is 4.22. The number of nitrogens with zero attached hydrogens (tertiary/aromatic N) is 1.